The molecular formula is C24H25N7O. The molecule has 32 heavy (non-hydrogen) atoms. The summed E-state index contributed by atoms with van der Waals surface area (Å²) in [5, 5.41) is 16.6. The summed E-state index contributed by atoms with van der Waals surface area (Å²) in [6.45, 7) is 2.11. The van der Waals surface area contributed by atoms with Gasteiger partial charge in [-0.25, -0.2) is 4.68 Å². The number of anilines is 2. The van der Waals surface area contributed by atoms with E-state index in [4.69, 9.17) is 0 Å². The number of amides is 1. The van der Waals surface area contributed by atoms with Crippen molar-refractivity contribution in [2.45, 2.75) is 31.7 Å². The standard InChI is InChI=1S/C24H25N7O/c32-24(23(31-17-26-28-29-31)15-18-7-3-1-4-8-18)27-21-9-10-22(30-13-5-2-6-14-30)19-11-12-25-16-20(19)21/h1,3-4,7-12,16-17,23H,2,5-6,13-15H2,(H,27,32). The summed E-state index contributed by atoms with van der Waals surface area (Å²) in [6, 6.07) is 15.4. The van der Waals surface area contributed by atoms with Gasteiger partial charge in [0.2, 0.25) is 5.91 Å². The Bertz CT molecular complexity index is 1190. The number of carbonyl (C=O) groups is 1. The van der Waals surface area contributed by atoms with Crippen molar-refractivity contribution in [3.05, 3.63) is 72.8 Å². The Hall–Kier alpha value is -3.81. The number of nitrogens with one attached hydrogen (secondary N) is 1. The Morgan fingerprint density at radius 3 is 2.62 bits per heavy atom. The summed E-state index contributed by atoms with van der Waals surface area (Å²) in [5.74, 6) is -0.169. The lowest BCUT2D eigenvalue weighted by Crippen LogP contribution is -2.30. The molecule has 1 N–H and O–H groups in total. The summed E-state index contributed by atoms with van der Waals surface area (Å²) in [4.78, 5) is 20.1. The molecule has 4 aromatic rings. The summed E-state index contributed by atoms with van der Waals surface area (Å²) >= 11 is 0. The molecule has 2 aromatic heterocycles. The van der Waals surface area contributed by atoms with Crippen molar-refractivity contribution in [2.24, 2.45) is 0 Å². The SMILES string of the molecule is O=C(Nc1ccc(N2CCCCC2)c2ccncc12)C(Cc1ccccc1)n1cnnn1. The molecule has 0 radical (unpaired) electrons. The second-order valence-electron chi connectivity index (χ2n) is 8.09. The van der Waals surface area contributed by atoms with Crippen molar-refractivity contribution in [3.63, 3.8) is 0 Å². The van der Waals surface area contributed by atoms with E-state index in [0.717, 1.165) is 35.1 Å². The Morgan fingerprint density at radius 1 is 1.00 bits per heavy atom. The van der Waals surface area contributed by atoms with Crippen molar-refractivity contribution in [3.8, 4) is 0 Å². The molecule has 1 saturated heterocycles. The number of aromatic nitrogens is 5. The summed E-state index contributed by atoms with van der Waals surface area (Å²) in [5.41, 5.74) is 2.97. The predicted octanol–water partition coefficient (Wildman–Crippen LogP) is 3.63. The molecule has 0 saturated carbocycles. The monoisotopic (exact) mass is 427 g/mol. The fourth-order valence-electron chi connectivity index (χ4n) is 4.36. The highest BCUT2D eigenvalue weighted by Gasteiger charge is 2.24. The van der Waals surface area contributed by atoms with Crippen LogP contribution in [0.3, 0.4) is 0 Å². The van der Waals surface area contributed by atoms with Gasteiger partial charge < -0.3 is 10.2 Å². The molecule has 1 aliphatic heterocycles. The molecule has 162 valence electrons. The number of hydrogen-bond donors (Lipinski definition) is 1. The number of benzene rings is 2. The van der Waals surface area contributed by atoms with Crippen LogP contribution in [-0.4, -0.2) is 44.2 Å². The fourth-order valence-corrected chi connectivity index (χ4v) is 4.36. The van der Waals surface area contributed by atoms with E-state index in [-0.39, 0.29) is 5.91 Å². The maximum Gasteiger partial charge on any atom is 0.249 e. The number of piperidine rings is 1. The van der Waals surface area contributed by atoms with Crippen LogP contribution in [0.2, 0.25) is 0 Å². The minimum Gasteiger partial charge on any atom is -0.371 e. The summed E-state index contributed by atoms with van der Waals surface area (Å²) in [7, 11) is 0. The Morgan fingerprint density at radius 2 is 1.84 bits per heavy atom. The lowest BCUT2D eigenvalue weighted by molar-refractivity contribution is -0.119. The van der Waals surface area contributed by atoms with Crippen molar-refractivity contribution < 1.29 is 4.79 Å². The average Bonchev–Trinajstić information content (AvgIpc) is 3.38. The number of carbonyl (C=O) groups excluding carboxylic acids is 1. The first-order chi connectivity index (χ1) is 15.8. The molecule has 3 heterocycles. The van der Waals surface area contributed by atoms with Crippen LogP contribution in [0.5, 0.6) is 0 Å². The third-order valence-corrected chi connectivity index (χ3v) is 6.01. The lowest BCUT2D eigenvalue weighted by Gasteiger charge is -2.30. The third kappa shape index (κ3) is 4.16. The Labute approximate surface area is 186 Å². The van der Waals surface area contributed by atoms with E-state index in [1.807, 2.05) is 48.7 Å². The van der Waals surface area contributed by atoms with Gasteiger partial charge in [0.25, 0.3) is 0 Å². The molecule has 1 unspecified atom stereocenters. The van der Waals surface area contributed by atoms with Gasteiger partial charge in [-0.2, -0.15) is 0 Å². The second kappa shape index (κ2) is 9.13. The van der Waals surface area contributed by atoms with Gasteiger partial charge >= 0.3 is 0 Å². The maximum absolute atomic E-state index is 13.4. The maximum atomic E-state index is 13.4. The van der Waals surface area contributed by atoms with Crippen LogP contribution in [0.1, 0.15) is 30.9 Å². The zero-order valence-electron chi connectivity index (χ0n) is 17.8. The van der Waals surface area contributed by atoms with Crippen molar-refractivity contribution >= 4 is 28.1 Å². The third-order valence-electron chi connectivity index (χ3n) is 6.01. The highest BCUT2D eigenvalue weighted by atomic mass is 16.2. The highest BCUT2D eigenvalue weighted by Crippen LogP contribution is 2.33. The lowest BCUT2D eigenvalue weighted by atomic mass is 10.0. The van der Waals surface area contributed by atoms with Gasteiger partial charge in [-0.15, -0.1) is 5.10 Å². The van der Waals surface area contributed by atoms with Gasteiger partial charge in [-0.1, -0.05) is 30.3 Å². The van der Waals surface area contributed by atoms with Crippen LogP contribution in [0.15, 0.2) is 67.3 Å². The number of rotatable bonds is 6. The van der Waals surface area contributed by atoms with Crippen LogP contribution < -0.4 is 10.2 Å². The number of tetrazole rings is 1. The number of nitrogens with zero attached hydrogens (tertiary/aromatic N) is 6. The second-order valence-corrected chi connectivity index (χ2v) is 8.09. The molecule has 8 nitrogen and oxygen atoms in total. The fraction of sp³-hybridized carbons (Fsp3) is 0.292. The molecule has 0 spiro atoms. The molecule has 0 aliphatic carbocycles. The van der Waals surface area contributed by atoms with Gasteiger partial charge in [0.15, 0.2) is 0 Å². The molecule has 0 bridgehead atoms. The van der Waals surface area contributed by atoms with Crippen molar-refractivity contribution in [1.29, 1.82) is 0 Å². The number of fused-ring (bicyclic) bond motifs is 1. The largest absolute Gasteiger partial charge is 0.371 e. The smallest absolute Gasteiger partial charge is 0.249 e. The van der Waals surface area contributed by atoms with E-state index in [1.54, 1.807) is 6.20 Å². The minimum absolute atomic E-state index is 0.169. The average molecular weight is 428 g/mol. The molecule has 1 atom stereocenters. The highest BCUT2D eigenvalue weighted by molar-refractivity contribution is 6.07. The molecule has 2 aromatic carbocycles. The zero-order valence-corrected chi connectivity index (χ0v) is 17.8. The van der Waals surface area contributed by atoms with Gasteiger partial charge in [0.1, 0.15) is 12.4 Å². The molecular weight excluding hydrogens is 402 g/mol. The predicted molar refractivity (Wildman–Crippen MR) is 123 cm³/mol. The molecule has 1 aliphatic rings. The first-order valence-electron chi connectivity index (χ1n) is 11.0. The summed E-state index contributed by atoms with van der Waals surface area (Å²) in [6.07, 6.45) is 9.29. The number of pyridine rings is 1. The summed E-state index contributed by atoms with van der Waals surface area (Å²) < 4.78 is 1.50. The van der Waals surface area contributed by atoms with E-state index in [0.29, 0.717) is 6.42 Å². The van der Waals surface area contributed by atoms with E-state index < -0.39 is 6.04 Å². The minimum atomic E-state index is -0.569. The van der Waals surface area contributed by atoms with E-state index in [9.17, 15) is 4.79 Å². The van der Waals surface area contributed by atoms with E-state index in [1.165, 1.54) is 36.0 Å². The molecule has 8 heteroatoms. The first-order valence-corrected chi connectivity index (χ1v) is 11.0. The van der Waals surface area contributed by atoms with Crippen LogP contribution in [0, 0.1) is 0 Å². The molecule has 1 fully saturated rings. The van der Waals surface area contributed by atoms with Crippen LogP contribution in [0.25, 0.3) is 10.8 Å². The number of hydrogen-bond acceptors (Lipinski definition) is 6. The normalized spacial score (nSPS) is 14.9. The van der Waals surface area contributed by atoms with Crippen molar-refractivity contribution in [2.75, 3.05) is 23.3 Å². The topological polar surface area (TPSA) is 88.8 Å². The van der Waals surface area contributed by atoms with Crippen LogP contribution in [-0.2, 0) is 11.2 Å². The van der Waals surface area contributed by atoms with E-state index >= 15 is 0 Å². The van der Waals surface area contributed by atoms with Crippen LogP contribution in [0.4, 0.5) is 11.4 Å². The van der Waals surface area contributed by atoms with Gasteiger partial charge in [-0.3, -0.25) is 9.78 Å². The van der Waals surface area contributed by atoms with Gasteiger partial charge in [0.05, 0.1) is 5.69 Å². The Balaban J connectivity index is 1.45. The van der Waals surface area contributed by atoms with Crippen molar-refractivity contribution in [1.82, 2.24) is 25.2 Å². The van der Waals surface area contributed by atoms with Crippen LogP contribution >= 0.6 is 0 Å². The van der Waals surface area contributed by atoms with E-state index in [2.05, 4.69) is 36.8 Å². The Kier molecular flexibility index (Phi) is 5.74. The zero-order chi connectivity index (χ0) is 21.8. The molecule has 5 rings (SSSR count). The quantitative estimate of drug-likeness (QED) is 0.505. The van der Waals surface area contributed by atoms with Gasteiger partial charge in [0, 0.05) is 48.4 Å². The first kappa shape index (κ1) is 20.1. The van der Waals surface area contributed by atoms with Gasteiger partial charge in [-0.05, 0) is 53.5 Å². The molecule has 1 amide bonds.